The normalized spacial score (nSPS) is 17.6. The predicted molar refractivity (Wildman–Crippen MR) is 74.5 cm³/mol. The number of halogens is 1. The highest BCUT2D eigenvalue weighted by molar-refractivity contribution is 7.99. The van der Waals surface area contributed by atoms with E-state index in [1.165, 1.54) is 0 Å². The smallest absolute Gasteiger partial charge is 0.303 e. The summed E-state index contributed by atoms with van der Waals surface area (Å²) in [5, 5.41) is 12.1. The van der Waals surface area contributed by atoms with Gasteiger partial charge in [-0.15, -0.1) is 11.8 Å². The van der Waals surface area contributed by atoms with Crippen molar-refractivity contribution in [1.82, 2.24) is 5.32 Å². The Balaban J connectivity index is 2.04. The molecule has 0 saturated carbocycles. The van der Waals surface area contributed by atoms with Crippen molar-refractivity contribution >= 4 is 35.2 Å². The van der Waals surface area contributed by atoms with Gasteiger partial charge in [0.05, 0.1) is 12.5 Å². The quantitative estimate of drug-likeness (QED) is 0.897. The fourth-order valence-electron chi connectivity index (χ4n) is 2.00. The third-order valence-corrected chi connectivity index (χ3v) is 4.27. The largest absolute Gasteiger partial charge is 0.481 e. The number of benzene rings is 1. The molecule has 6 heteroatoms. The monoisotopic (exact) mass is 299 g/mol. The maximum Gasteiger partial charge on any atom is 0.303 e. The first-order valence-corrected chi connectivity index (χ1v) is 7.36. The fourth-order valence-corrected chi connectivity index (χ4v) is 3.29. The maximum absolute atomic E-state index is 11.7. The molecule has 0 spiro atoms. The van der Waals surface area contributed by atoms with Crippen LogP contribution in [0.25, 0.3) is 0 Å². The fraction of sp³-hybridized carbons (Fsp3) is 0.385. The Bertz CT molecular complexity index is 507. The Hall–Kier alpha value is -1.20. The van der Waals surface area contributed by atoms with Gasteiger partial charge in [-0.05, 0) is 30.2 Å². The van der Waals surface area contributed by atoms with Gasteiger partial charge in [0, 0.05) is 22.1 Å². The van der Waals surface area contributed by atoms with E-state index in [-0.39, 0.29) is 24.8 Å². The van der Waals surface area contributed by atoms with E-state index in [1.807, 2.05) is 18.2 Å². The van der Waals surface area contributed by atoms with Gasteiger partial charge in [-0.2, -0.15) is 0 Å². The summed E-state index contributed by atoms with van der Waals surface area (Å²) in [6.45, 7) is 0. The number of carboxylic acid groups (broad SMARTS) is 1. The minimum atomic E-state index is -0.960. The number of nitrogens with one attached hydrogen (secondary N) is 1. The van der Waals surface area contributed by atoms with Crippen molar-refractivity contribution in [3.05, 3.63) is 28.8 Å². The number of carboxylic acids is 1. The number of amides is 1. The highest BCUT2D eigenvalue weighted by Gasteiger charge is 2.22. The van der Waals surface area contributed by atoms with Crippen molar-refractivity contribution in [1.29, 1.82) is 0 Å². The van der Waals surface area contributed by atoms with Crippen LogP contribution in [-0.4, -0.2) is 22.7 Å². The summed E-state index contributed by atoms with van der Waals surface area (Å²) in [7, 11) is 0. The van der Waals surface area contributed by atoms with Crippen LogP contribution in [0.4, 0.5) is 0 Å². The number of carbonyl (C=O) groups is 2. The molecule has 1 aromatic rings. The van der Waals surface area contributed by atoms with Gasteiger partial charge < -0.3 is 10.4 Å². The Morgan fingerprint density at radius 1 is 1.42 bits per heavy atom. The van der Waals surface area contributed by atoms with E-state index in [1.54, 1.807) is 11.8 Å². The van der Waals surface area contributed by atoms with Crippen molar-refractivity contribution in [3.63, 3.8) is 0 Å². The second kappa shape index (κ2) is 6.30. The van der Waals surface area contributed by atoms with Gasteiger partial charge in [0.25, 0.3) is 0 Å². The zero-order valence-corrected chi connectivity index (χ0v) is 11.8. The van der Waals surface area contributed by atoms with E-state index in [4.69, 9.17) is 16.7 Å². The number of hydrogen-bond acceptors (Lipinski definition) is 3. The Morgan fingerprint density at radius 2 is 2.21 bits per heavy atom. The van der Waals surface area contributed by atoms with Gasteiger partial charge in [0.1, 0.15) is 0 Å². The lowest BCUT2D eigenvalue weighted by Crippen LogP contribution is -2.30. The molecule has 2 N–H and O–H groups in total. The average molecular weight is 300 g/mol. The predicted octanol–water partition coefficient (Wildman–Crippen LogP) is 2.86. The van der Waals surface area contributed by atoms with Crippen molar-refractivity contribution in [2.24, 2.45) is 0 Å². The molecule has 1 aromatic carbocycles. The van der Waals surface area contributed by atoms with Crippen molar-refractivity contribution in [2.45, 2.75) is 30.2 Å². The molecule has 0 aromatic heterocycles. The first kappa shape index (κ1) is 14.2. The summed E-state index contributed by atoms with van der Waals surface area (Å²) >= 11 is 7.72. The summed E-state index contributed by atoms with van der Waals surface area (Å²) in [4.78, 5) is 23.3. The third-order valence-electron chi connectivity index (χ3n) is 2.91. The van der Waals surface area contributed by atoms with Crippen LogP contribution in [-0.2, 0) is 9.59 Å². The van der Waals surface area contributed by atoms with E-state index in [0.29, 0.717) is 5.02 Å². The highest BCUT2D eigenvalue weighted by atomic mass is 35.5. The van der Waals surface area contributed by atoms with Crippen LogP contribution in [0.5, 0.6) is 0 Å². The Kier molecular flexibility index (Phi) is 4.71. The number of aliphatic carboxylic acids is 1. The van der Waals surface area contributed by atoms with Gasteiger partial charge in [-0.1, -0.05) is 11.6 Å². The second-order valence-electron chi connectivity index (χ2n) is 4.33. The molecule has 1 atom stereocenters. The molecule has 4 nitrogen and oxygen atoms in total. The van der Waals surface area contributed by atoms with Crippen molar-refractivity contribution in [2.75, 3.05) is 5.75 Å². The molecule has 0 aliphatic carbocycles. The molecule has 1 amide bonds. The van der Waals surface area contributed by atoms with Gasteiger partial charge in [-0.3, -0.25) is 9.59 Å². The summed E-state index contributed by atoms with van der Waals surface area (Å²) in [5.74, 6) is -0.263. The van der Waals surface area contributed by atoms with Crippen LogP contribution in [0.3, 0.4) is 0 Å². The molecule has 0 bridgehead atoms. The van der Waals surface area contributed by atoms with Crippen LogP contribution in [0, 0.1) is 0 Å². The molecule has 19 heavy (non-hydrogen) atoms. The minimum Gasteiger partial charge on any atom is -0.481 e. The first-order chi connectivity index (χ1) is 9.06. The molecular weight excluding hydrogens is 286 g/mol. The van der Waals surface area contributed by atoms with Gasteiger partial charge in [0.2, 0.25) is 5.91 Å². The number of thioether (sulfide) groups is 1. The molecule has 0 radical (unpaired) electrons. The molecule has 1 aliphatic rings. The Labute approximate surface area is 120 Å². The molecule has 2 rings (SSSR count). The third kappa shape index (κ3) is 3.88. The van der Waals surface area contributed by atoms with Gasteiger partial charge in [-0.25, -0.2) is 0 Å². The van der Waals surface area contributed by atoms with Gasteiger partial charge in [0.15, 0.2) is 0 Å². The molecule has 1 unspecified atom stereocenters. The van der Waals surface area contributed by atoms with E-state index < -0.39 is 5.97 Å². The van der Waals surface area contributed by atoms with Crippen LogP contribution < -0.4 is 5.32 Å². The lowest BCUT2D eigenvalue weighted by molar-refractivity contribution is -0.138. The number of fused-ring (bicyclic) bond motifs is 1. The lowest BCUT2D eigenvalue weighted by atomic mass is 10.0. The summed E-state index contributed by atoms with van der Waals surface area (Å²) < 4.78 is 0. The molecule has 1 heterocycles. The summed E-state index contributed by atoms with van der Waals surface area (Å²) in [6.07, 6.45) is 0.696. The SMILES string of the molecule is O=C(O)CCC(=O)NC1CCSc2ccc(Cl)cc21. The minimum absolute atomic E-state index is 0.00880. The van der Waals surface area contributed by atoms with E-state index in [2.05, 4.69) is 5.32 Å². The first-order valence-electron chi connectivity index (χ1n) is 5.99. The topological polar surface area (TPSA) is 66.4 Å². The molecule has 0 fully saturated rings. The summed E-state index contributed by atoms with van der Waals surface area (Å²) in [6, 6.07) is 5.58. The van der Waals surface area contributed by atoms with E-state index >= 15 is 0 Å². The Morgan fingerprint density at radius 3 is 2.95 bits per heavy atom. The van der Waals surface area contributed by atoms with Crippen LogP contribution in [0.2, 0.25) is 5.02 Å². The number of rotatable bonds is 4. The molecule has 0 saturated heterocycles. The lowest BCUT2D eigenvalue weighted by Gasteiger charge is -2.26. The standard InChI is InChI=1S/C13H14ClNO3S/c14-8-1-2-11-9(7-8)10(5-6-19-11)15-12(16)3-4-13(17)18/h1-2,7,10H,3-6H2,(H,15,16)(H,17,18). The highest BCUT2D eigenvalue weighted by Crippen LogP contribution is 2.37. The summed E-state index contributed by atoms with van der Waals surface area (Å²) in [5.41, 5.74) is 1.02. The maximum atomic E-state index is 11.7. The number of carbonyl (C=O) groups excluding carboxylic acids is 1. The van der Waals surface area contributed by atoms with Crippen LogP contribution in [0.15, 0.2) is 23.1 Å². The zero-order chi connectivity index (χ0) is 13.8. The average Bonchev–Trinajstić information content (AvgIpc) is 2.37. The van der Waals surface area contributed by atoms with Gasteiger partial charge >= 0.3 is 5.97 Å². The number of hydrogen-bond donors (Lipinski definition) is 2. The van der Waals surface area contributed by atoms with Crippen LogP contribution >= 0.6 is 23.4 Å². The van der Waals surface area contributed by atoms with E-state index in [0.717, 1.165) is 22.6 Å². The zero-order valence-electron chi connectivity index (χ0n) is 10.2. The van der Waals surface area contributed by atoms with Crippen molar-refractivity contribution in [3.8, 4) is 0 Å². The molecular formula is C13H14ClNO3S. The second-order valence-corrected chi connectivity index (χ2v) is 5.91. The van der Waals surface area contributed by atoms with Crippen molar-refractivity contribution < 1.29 is 14.7 Å². The molecule has 1 aliphatic heterocycles. The molecule has 102 valence electrons. The van der Waals surface area contributed by atoms with E-state index in [9.17, 15) is 9.59 Å². The van der Waals surface area contributed by atoms with Crippen LogP contribution in [0.1, 0.15) is 30.9 Å².